The van der Waals surface area contributed by atoms with Gasteiger partial charge in [-0.3, -0.25) is 9.59 Å². The van der Waals surface area contributed by atoms with Gasteiger partial charge in [0.25, 0.3) is 0 Å². The van der Waals surface area contributed by atoms with Crippen LogP contribution in [0.5, 0.6) is 0 Å². The first kappa shape index (κ1) is 22.0. The third-order valence-corrected chi connectivity index (χ3v) is 5.89. The second-order valence-electron chi connectivity index (χ2n) is 7.52. The summed E-state index contributed by atoms with van der Waals surface area (Å²) in [6.45, 7) is 9.71. The number of allylic oxidation sites excluding steroid dienone is 2. The maximum atomic E-state index is 14.2. The molecule has 1 heterocycles. The van der Waals surface area contributed by atoms with Gasteiger partial charge in [-0.1, -0.05) is 60.7 Å². The fourth-order valence-corrected chi connectivity index (χ4v) is 4.54. The van der Waals surface area contributed by atoms with Crippen LogP contribution in [0.1, 0.15) is 30.9 Å². The van der Waals surface area contributed by atoms with Crippen LogP contribution in [0.3, 0.4) is 0 Å². The van der Waals surface area contributed by atoms with Crippen LogP contribution in [-0.2, 0) is 26.3 Å². The molecule has 5 heteroatoms. The highest BCUT2D eigenvalue weighted by Gasteiger charge is 2.66. The van der Waals surface area contributed by atoms with E-state index in [9.17, 15) is 14.9 Å². The van der Waals surface area contributed by atoms with Gasteiger partial charge in [0.05, 0.1) is 19.2 Å². The Morgan fingerprint density at radius 1 is 1.16 bits per heavy atom. The molecular formula is C26H26N2O3. The van der Waals surface area contributed by atoms with Crippen molar-refractivity contribution in [2.75, 3.05) is 11.5 Å². The molecule has 0 radical (unpaired) electrons. The quantitative estimate of drug-likeness (QED) is 0.441. The standard InChI is InChI=1S/C26H26N2O3/c1-4-16-25(19-27,24(30)31-6-3)26(17-5-2)21-14-10-11-15-22(21)28(23(26)29)18-20-12-8-7-9-13-20/h4-5,7-15H,1-2,6,16-18H2,3H3. The molecule has 0 spiro atoms. The van der Waals surface area contributed by atoms with E-state index in [0.29, 0.717) is 17.8 Å². The van der Waals surface area contributed by atoms with Crippen LogP contribution in [0.4, 0.5) is 5.69 Å². The number of para-hydroxylation sites is 1. The van der Waals surface area contributed by atoms with Gasteiger partial charge < -0.3 is 9.64 Å². The van der Waals surface area contributed by atoms with Crippen molar-refractivity contribution in [2.45, 2.75) is 31.7 Å². The van der Waals surface area contributed by atoms with E-state index >= 15 is 0 Å². The number of rotatable bonds is 9. The Kier molecular flexibility index (Phi) is 6.41. The van der Waals surface area contributed by atoms with Crippen molar-refractivity contribution in [3.8, 4) is 6.07 Å². The number of amides is 1. The predicted octanol–water partition coefficient (Wildman–Crippen LogP) is 4.70. The Morgan fingerprint density at radius 2 is 1.84 bits per heavy atom. The van der Waals surface area contributed by atoms with E-state index in [1.165, 1.54) is 6.08 Å². The molecule has 2 atom stereocenters. The molecule has 0 aliphatic carbocycles. The zero-order valence-corrected chi connectivity index (χ0v) is 17.7. The number of nitriles is 1. The number of hydrogen-bond acceptors (Lipinski definition) is 4. The van der Waals surface area contributed by atoms with E-state index in [2.05, 4.69) is 19.2 Å². The molecule has 0 saturated heterocycles. The summed E-state index contributed by atoms with van der Waals surface area (Å²) >= 11 is 0. The van der Waals surface area contributed by atoms with Crippen LogP contribution in [-0.4, -0.2) is 18.5 Å². The Bertz CT molecular complexity index is 1040. The molecule has 0 aromatic heterocycles. The van der Waals surface area contributed by atoms with Crippen LogP contribution in [0, 0.1) is 16.7 Å². The summed E-state index contributed by atoms with van der Waals surface area (Å²) in [4.78, 5) is 29.1. The summed E-state index contributed by atoms with van der Waals surface area (Å²) in [6, 6.07) is 19.1. The molecule has 3 rings (SSSR count). The molecule has 31 heavy (non-hydrogen) atoms. The smallest absolute Gasteiger partial charge is 0.328 e. The van der Waals surface area contributed by atoms with Crippen molar-refractivity contribution in [3.05, 3.63) is 91.0 Å². The molecule has 2 aromatic rings. The largest absolute Gasteiger partial charge is 0.465 e. The maximum Gasteiger partial charge on any atom is 0.328 e. The number of ether oxygens (including phenoxy) is 1. The molecule has 2 aromatic carbocycles. The van der Waals surface area contributed by atoms with Crippen molar-refractivity contribution in [1.82, 2.24) is 0 Å². The van der Waals surface area contributed by atoms with Gasteiger partial charge in [0.15, 0.2) is 5.41 Å². The third kappa shape index (κ3) is 3.34. The first-order valence-corrected chi connectivity index (χ1v) is 10.3. The third-order valence-electron chi connectivity index (χ3n) is 5.89. The Labute approximate surface area is 183 Å². The van der Waals surface area contributed by atoms with E-state index < -0.39 is 16.8 Å². The van der Waals surface area contributed by atoms with Crippen molar-refractivity contribution >= 4 is 17.6 Å². The Morgan fingerprint density at radius 3 is 2.45 bits per heavy atom. The fraction of sp³-hybridized carbons (Fsp3) is 0.269. The molecule has 1 aliphatic heterocycles. The monoisotopic (exact) mass is 414 g/mol. The van der Waals surface area contributed by atoms with Gasteiger partial charge >= 0.3 is 5.97 Å². The lowest BCUT2D eigenvalue weighted by Crippen LogP contribution is -2.56. The van der Waals surface area contributed by atoms with Crippen molar-refractivity contribution in [3.63, 3.8) is 0 Å². The molecule has 5 nitrogen and oxygen atoms in total. The number of nitrogens with zero attached hydrogens (tertiary/aromatic N) is 2. The second kappa shape index (κ2) is 9.01. The van der Waals surface area contributed by atoms with E-state index in [-0.39, 0.29) is 25.4 Å². The molecular weight excluding hydrogens is 388 g/mol. The van der Waals surface area contributed by atoms with Crippen LogP contribution in [0.25, 0.3) is 0 Å². The summed E-state index contributed by atoms with van der Waals surface area (Å²) < 4.78 is 5.34. The summed E-state index contributed by atoms with van der Waals surface area (Å²) in [5.74, 6) is -1.03. The van der Waals surface area contributed by atoms with Crippen LogP contribution in [0.15, 0.2) is 79.9 Å². The number of anilines is 1. The lowest BCUT2D eigenvalue weighted by atomic mass is 9.57. The van der Waals surface area contributed by atoms with E-state index in [0.717, 1.165) is 5.56 Å². The van der Waals surface area contributed by atoms with E-state index in [4.69, 9.17) is 4.74 Å². The van der Waals surface area contributed by atoms with Crippen LogP contribution in [0.2, 0.25) is 0 Å². The van der Waals surface area contributed by atoms with Gasteiger partial charge in [0.1, 0.15) is 5.41 Å². The van der Waals surface area contributed by atoms with Crippen molar-refractivity contribution < 1.29 is 14.3 Å². The van der Waals surface area contributed by atoms with Gasteiger partial charge in [-0.25, -0.2) is 0 Å². The van der Waals surface area contributed by atoms with Gasteiger partial charge in [-0.2, -0.15) is 5.26 Å². The second-order valence-corrected chi connectivity index (χ2v) is 7.52. The lowest BCUT2D eigenvalue weighted by Gasteiger charge is -2.40. The zero-order valence-electron chi connectivity index (χ0n) is 17.7. The number of carbonyl (C=O) groups is 2. The minimum atomic E-state index is -1.77. The number of hydrogen-bond donors (Lipinski definition) is 0. The average molecular weight is 415 g/mol. The molecule has 0 fully saturated rings. The SMILES string of the molecule is C=CCC(C#N)(C(=O)OCC)C1(CC=C)C(=O)N(Cc2ccccc2)c2ccccc21. The van der Waals surface area contributed by atoms with Crippen molar-refractivity contribution in [2.24, 2.45) is 5.41 Å². The zero-order chi connectivity index (χ0) is 22.5. The summed E-state index contributed by atoms with van der Waals surface area (Å²) in [7, 11) is 0. The summed E-state index contributed by atoms with van der Waals surface area (Å²) in [6.07, 6.45) is 3.19. The molecule has 1 aliphatic rings. The highest BCUT2D eigenvalue weighted by molar-refractivity contribution is 6.12. The van der Waals surface area contributed by atoms with Gasteiger partial charge in [-0.15, -0.1) is 13.2 Å². The van der Waals surface area contributed by atoms with E-state index in [1.54, 1.807) is 17.9 Å². The Hall–Kier alpha value is -3.65. The van der Waals surface area contributed by atoms with Gasteiger partial charge in [0, 0.05) is 5.69 Å². The maximum absolute atomic E-state index is 14.2. The van der Waals surface area contributed by atoms with Gasteiger partial charge in [0.2, 0.25) is 5.91 Å². The van der Waals surface area contributed by atoms with Crippen LogP contribution < -0.4 is 4.90 Å². The summed E-state index contributed by atoms with van der Waals surface area (Å²) in [5, 5.41) is 10.4. The number of benzene rings is 2. The molecule has 0 saturated carbocycles. The topological polar surface area (TPSA) is 70.4 Å². The highest BCUT2D eigenvalue weighted by Crippen LogP contribution is 2.56. The number of esters is 1. The molecule has 158 valence electrons. The molecule has 2 unspecified atom stereocenters. The Balaban J connectivity index is 2.28. The normalized spacial score (nSPS) is 19.1. The highest BCUT2D eigenvalue weighted by atomic mass is 16.5. The van der Waals surface area contributed by atoms with Gasteiger partial charge in [-0.05, 0) is 37.0 Å². The molecule has 0 N–H and O–H groups in total. The first-order valence-electron chi connectivity index (χ1n) is 10.3. The summed E-state index contributed by atoms with van der Waals surface area (Å²) in [5.41, 5.74) is -0.965. The first-order chi connectivity index (χ1) is 15.0. The molecule has 0 bridgehead atoms. The molecule has 1 amide bonds. The van der Waals surface area contributed by atoms with Crippen LogP contribution >= 0.6 is 0 Å². The number of fused-ring (bicyclic) bond motifs is 1. The van der Waals surface area contributed by atoms with Crippen molar-refractivity contribution in [1.29, 1.82) is 5.26 Å². The average Bonchev–Trinajstić information content (AvgIpc) is 3.02. The lowest BCUT2D eigenvalue weighted by molar-refractivity contribution is -0.158. The fourth-order valence-electron chi connectivity index (χ4n) is 4.54. The van der Waals surface area contributed by atoms with E-state index in [1.807, 2.05) is 54.6 Å². The minimum absolute atomic E-state index is 0.0184. The predicted molar refractivity (Wildman–Crippen MR) is 120 cm³/mol. The minimum Gasteiger partial charge on any atom is -0.465 e. The number of carbonyl (C=O) groups excluding carboxylic acids is 2.